The number of hydrogen-bond acceptors (Lipinski definition) is 1. The van der Waals surface area contributed by atoms with E-state index in [0.717, 1.165) is 48.6 Å². The van der Waals surface area contributed by atoms with Crippen LogP contribution in [-0.4, -0.2) is 6.61 Å². The van der Waals surface area contributed by atoms with E-state index in [0.29, 0.717) is 0 Å². The average molecular weight is 259 g/mol. The van der Waals surface area contributed by atoms with Gasteiger partial charge < -0.3 is 4.74 Å². The fourth-order valence-corrected chi connectivity index (χ4v) is 2.64. The Balaban J connectivity index is 2.26. The van der Waals surface area contributed by atoms with Crippen molar-refractivity contribution in [2.24, 2.45) is 0 Å². The van der Waals surface area contributed by atoms with Gasteiger partial charge in [0.1, 0.15) is 5.75 Å². The molecule has 0 saturated carbocycles. The maximum absolute atomic E-state index is 6.40. The zero-order valence-electron chi connectivity index (χ0n) is 9.43. The van der Waals surface area contributed by atoms with Crippen molar-refractivity contribution < 1.29 is 4.74 Å². The fourth-order valence-electron chi connectivity index (χ4n) is 2.07. The van der Waals surface area contributed by atoms with Crippen LogP contribution in [0.5, 0.6) is 5.75 Å². The second kappa shape index (κ2) is 5.29. The summed E-state index contributed by atoms with van der Waals surface area (Å²) < 4.78 is 5.64. The van der Waals surface area contributed by atoms with E-state index in [1.807, 2.05) is 12.1 Å². The largest absolute Gasteiger partial charge is 0.493 e. The summed E-state index contributed by atoms with van der Waals surface area (Å²) in [5.74, 6) is 0.973. The lowest BCUT2D eigenvalue weighted by atomic mass is 10.0. The van der Waals surface area contributed by atoms with Gasteiger partial charge in [-0.2, -0.15) is 0 Å². The van der Waals surface area contributed by atoms with Crippen LogP contribution in [0, 0.1) is 0 Å². The summed E-state index contributed by atoms with van der Waals surface area (Å²) in [6, 6.07) is 3.93. The minimum absolute atomic E-state index is 0.0190. The number of rotatable bonds is 4. The van der Waals surface area contributed by atoms with Gasteiger partial charge in [0.15, 0.2) is 0 Å². The summed E-state index contributed by atoms with van der Waals surface area (Å²) in [5, 5.41) is 0.784. The second-order valence-corrected chi connectivity index (χ2v) is 5.15. The molecule has 0 saturated heterocycles. The first-order chi connectivity index (χ1) is 7.72. The summed E-state index contributed by atoms with van der Waals surface area (Å²) in [6.07, 6.45) is 4.22. The lowest BCUT2D eigenvalue weighted by Gasteiger charge is -2.14. The molecule has 1 aromatic carbocycles. The van der Waals surface area contributed by atoms with Crippen LogP contribution in [0.3, 0.4) is 0 Å². The molecule has 0 bridgehead atoms. The highest BCUT2D eigenvalue weighted by Crippen LogP contribution is 2.40. The molecule has 1 nitrogen and oxygen atoms in total. The van der Waals surface area contributed by atoms with Crippen LogP contribution in [0.2, 0.25) is 5.02 Å². The highest BCUT2D eigenvalue weighted by Gasteiger charge is 2.21. The third kappa shape index (κ3) is 2.46. The molecule has 2 rings (SSSR count). The zero-order chi connectivity index (χ0) is 11.5. The van der Waals surface area contributed by atoms with Crippen molar-refractivity contribution in [1.29, 1.82) is 0 Å². The Hall–Kier alpha value is -0.400. The first-order valence-electron chi connectivity index (χ1n) is 5.81. The van der Waals surface area contributed by atoms with Crippen LogP contribution < -0.4 is 4.74 Å². The Labute approximate surface area is 107 Å². The molecule has 1 unspecified atom stereocenters. The molecule has 1 heterocycles. The minimum atomic E-state index is 0.0190. The average Bonchev–Trinajstić information content (AvgIpc) is 2.72. The van der Waals surface area contributed by atoms with Crippen LogP contribution in [-0.2, 0) is 6.42 Å². The van der Waals surface area contributed by atoms with Gasteiger partial charge in [-0.1, -0.05) is 31.4 Å². The van der Waals surface area contributed by atoms with E-state index in [1.165, 1.54) is 5.56 Å². The molecule has 0 N–H and O–H groups in total. The van der Waals surface area contributed by atoms with E-state index in [2.05, 4.69) is 6.92 Å². The van der Waals surface area contributed by atoms with Crippen LogP contribution in [0.4, 0.5) is 0 Å². The molecule has 0 spiro atoms. The maximum Gasteiger partial charge on any atom is 0.127 e. The summed E-state index contributed by atoms with van der Waals surface area (Å²) in [6.45, 7) is 2.92. The van der Waals surface area contributed by atoms with Gasteiger partial charge >= 0.3 is 0 Å². The Morgan fingerprint density at radius 2 is 2.25 bits per heavy atom. The van der Waals surface area contributed by atoms with Crippen molar-refractivity contribution in [1.82, 2.24) is 0 Å². The number of unbranched alkanes of at least 4 members (excludes halogenated alkanes) is 1. The molecule has 1 aliphatic heterocycles. The van der Waals surface area contributed by atoms with E-state index in [4.69, 9.17) is 27.9 Å². The minimum Gasteiger partial charge on any atom is -0.493 e. The Bertz CT molecular complexity index is 376. The van der Waals surface area contributed by atoms with E-state index in [1.54, 1.807) is 0 Å². The first kappa shape index (κ1) is 12.1. The molecule has 0 aromatic heterocycles. The second-order valence-electron chi connectivity index (χ2n) is 4.19. The van der Waals surface area contributed by atoms with Crippen molar-refractivity contribution in [3.63, 3.8) is 0 Å². The van der Waals surface area contributed by atoms with Gasteiger partial charge in [-0.15, -0.1) is 11.6 Å². The Morgan fingerprint density at radius 3 is 3.00 bits per heavy atom. The third-order valence-electron chi connectivity index (χ3n) is 2.93. The van der Waals surface area contributed by atoms with Gasteiger partial charge in [0.25, 0.3) is 0 Å². The van der Waals surface area contributed by atoms with Crippen molar-refractivity contribution in [2.45, 2.75) is 38.0 Å². The van der Waals surface area contributed by atoms with E-state index in [9.17, 15) is 0 Å². The van der Waals surface area contributed by atoms with Crippen molar-refractivity contribution in [2.75, 3.05) is 6.61 Å². The molecule has 3 heteroatoms. The Morgan fingerprint density at radius 1 is 1.44 bits per heavy atom. The number of alkyl halides is 1. The molecule has 88 valence electrons. The number of halogens is 2. The normalized spacial score (nSPS) is 15.7. The predicted octanol–water partition coefficient (Wildman–Crippen LogP) is 4.75. The predicted molar refractivity (Wildman–Crippen MR) is 68.8 cm³/mol. The van der Waals surface area contributed by atoms with E-state index >= 15 is 0 Å². The molecular weight excluding hydrogens is 243 g/mol. The van der Waals surface area contributed by atoms with Crippen LogP contribution in [0.1, 0.15) is 42.7 Å². The van der Waals surface area contributed by atoms with E-state index < -0.39 is 0 Å². The van der Waals surface area contributed by atoms with Crippen molar-refractivity contribution in [3.05, 3.63) is 28.3 Å². The van der Waals surface area contributed by atoms with Gasteiger partial charge in [0, 0.05) is 17.0 Å². The summed E-state index contributed by atoms with van der Waals surface area (Å²) in [5.41, 5.74) is 2.26. The van der Waals surface area contributed by atoms with Crippen LogP contribution in [0.15, 0.2) is 12.1 Å². The van der Waals surface area contributed by atoms with Gasteiger partial charge in [0.2, 0.25) is 0 Å². The lowest BCUT2D eigenvalue weighted by molar-refractivity contribution is 0.352. The molecule has 16 heavy (non-hydrogen) atoms. The number of fused-ring (bicyclic) bond motifs is 1. The smallest absolute Gasteiger partial charge is 0.127 e. The number of benzene rings is 1. The first-order valence-corrected chi connectivity index (χ1v) is 6.63. The molecule has 0 radical (unpaired) electrons. The third-order valence-corrected chi connectivity index (χ3v) is 3.60. The molecule has 0 aliphatic carbocycles. The lowest BCUT2D eigenvalue weighted by Crippen LogP contribution is -1.96. The summed E-state index contributed by atoms with van der Waals surface area (Å²) in [7, 11) is 0. The van der Waals surface area contributed by atoms with Crippen molar-refractivity contribution in [3.8, 4) is 5.75 Å². The monoisotopic (exact) mass is 258 g/mol. The van der Waals surface area contributed by atoms with Gasteiger partial charge in [-0.3, -0.25) is 0 Å². The van der Waals surface area contributed by atoms with Gasteiger partial charge in [0.05, 0.1) is 12.0 Å². The molecule has 0 amide bonds. The molecular formula is C13H16Cl2O. The molecule has 1 aromatic rings. The SMILES string of the molecule is CCCCC(Cl)c1cc(Cl)cc2c1OCC2. The quantitative estimate of drug-likeness (QED) is 0.709. The topological polar surface area (TPSA) is 9.23 Å². The molecule has 0 fully saturated rings. The summed E-state index contributed by atoms with van der Waals surface area (Å²) >= 11 is 12.5. The molecule has 1 atom stereocenters. The van der Waals surface area contributed by atoms with Crippen LogP contribution >= 0.6 is 23.2 Å². The fraction of sp³-hybridized carbons (Fsp3) is 0.538. The van der Waals surface area contributed by atoms with Gasteiger partial charge in [-0.25, -0.2) is 0 Å². The van der Waals surface area contributed by atoms with E-state index in [-0.39, 0.29) is 5.38 Å². The van der Waals surface area contributed by atoms with Crippen LogP contribution in [0.25, 0.3) is 0 Å². The highest BCUT2D eigenvalue weighted by molar-refractivity contribution is 6.31. The zero-order valence-corrected chi connectivity index (χ0v) is 10.9. The Kier molecular flexibility index (Phi) is 3.99. The van der Waals surface area contributed by atoms with Crippen molar-refractivity contribution >= 4 is 23.2 Å². The molecule has 1 aliphatic rings. The summed E-state index contributed by atoms with van der Waals surface area (Å²) in [4.78, 5) is 0. The highest BCUT2D eigenvalue weighted by atomic mass is 35.5. The number of hydrogen-bond donors (Lipinski definition) is 0. The standard InChI is InChI=1S/C13H16Cl2O/c1-2-3-4-12(15)11-8-10(14)7-9-5-6-16-13(9)11/h7-8,12H,2-6H2,1H3. The maximum atomic E-state index is 6.40. The number of ether oxygens (including phenoxy) is 1. The van der Waals surface area contributed by atoms with Gasteiger partial charge in [-0.05, 0) is 24.1 Å².